The second-order valence-electron chi connectivity index (χ2n) is 8.74. The van der Waals surface area contributed by atoms with Crippen LogP contribution in [0.3, 0.4) is 0 Å². The van der Waals surface area contributed by atoms with Crippen LogP contribution in [0.1, 0.15) is 23.1 Å². The number of aromatic amines is 1. The van der Waals surface area contributed by atoms with E-state index in [9.17, 15) is 9.90 Å². The van der Waals surface area contributed by atoms with E-state index in [0.29, 0.717) is 29.0 Å². The fourth-order valence-corrected chi connectivity index (χ4v) is 4.55. The summed E-state index contributed by atoms with van der Waals surface area (Å²) in [5.74, 6) is 0.653. The molecule has 5 rings (SSSR count). The molecule has 0 aliphatic heterocycles. The molecule has 0 spiro atoms. The Morgan fingerprint density at radius 1 is 1.25 bits per heavy atom. The van der Waals surface area contributed by atoms with Crippen LogP contribution < -0.4 is 10.1 Å². The molecule has 0 aliphatic rings. The lowest BCUT2D eigenvalue weighted by molar-refractivity contribution is 0.111. The average Bonchev–Trinajstić information content (AvgIpc) is 3.51. The van der Waals surface area contributed by atoms with Crippen molar-refractivity contribution in [2.75, 3.05) is 20.2 Å². The topological polar surface area (TPSA) is 136 Å². The minimum Gasteiger partial charge on any atom is -0.473 e. The van der Waals surface area contributed by atoms with Gasteiger partial charge in [0.2, 0.25) is 5.88 Å². The first-order valence-electron chi connectivity index (χ1n) is 11.7. The van der Waals surface area contributed by atoms with E-state index >= 15 is 0 Å². The standard InChI is InChI=1S/C25H28N8O3/c1-14(11-26-3)36-25-23(15(2)30-32(25)4)20-10-18-21(12-27-20)28-29-24(18)16-5-6-19-17(9-16)22(13-35)33(31-19)7-8-34/h5-6,9-10,12-14,26,34H,7-8,11H2,1-4H3,(H,28,29)/t14-/m0/s1. The van der Waals surface area contributed by atoms with Crippen molar-refractivity contribution >= 4 is 28.1 Å². The van der Waals surface area contributed by atoms with Crippen molar-refractivity contribution in [1.82, 2.24) is 40.1 Å². The quantitative estimate of drug-likeness (QED) is 0.269. The monoisotopic (exact) mass is 488 g/mol. The lowest BCUT2D eigenvalue weighted by Crippen LogP contribution is -2.27. The van der Waals surface area contributed by atoms with Gasteiger partial charge in [-0.15, -0.1) is 0 Å². The zero-order chi connectivity index (χ0) is 25.4. The van der Waals surface area contributed by atoms with Gasteiger partial charge in [0.15, 0.2) is 6.29 Å². The fourth-order valence-electron chi connectivity index (χ4n) is 4.55. The van der Waals surface area contributed by atoms with Crippen LogP contribution in [0.2, 0.25) is 0 Å². The Labute approximate surface area is 207 Å². The summed E-state index contributed by atoms with van der Waals surface area (Å²) in [7, 11) is 3.74. The molecule has 11 nitrogen and oxygen atoms in total. The molecule has 0 radical (unpaired) electrons. The molecule has 0 unspecified atom stereocenters. The van der Waals surface area contributed by atoms with Gasteiger partial charge in [0.25, 0.3) is 0 Å². The van der Waals surface area contributed by atoms with E-state index in [1.165, 1.54) is 4.68 Å². The number of pyridine rings is 1. The Bertz CT molecular complexity index is 1560. The number of aldehydes is 1. The molecule has 0 amide bonds. The van der Waals surface area contributed by atoms with E-state index in [1.54, 1.807) is 10.9 Å². The molecular weight excluding hydrogens is 460 g/mol. The number of hydrogen-bond donors (Lipinski definition) is 3. The van der Waals surface area contributed by atoms with E-state index in [4.69, 9.17) is 4.74 Å². The summed E-state index contributed by atoms with van der Waals surface area (Å²) < 4.78 is 9.47. The molecule has 0 saturated carbocycles. The number of carbonyl (C=O) groups is 1. The van der Waals surface area contributed by atoms with Crippen molar-refractivity contribution < 1.29 is 14.6 Å². The third-order valence-corrected chi connectivity index (χ3v) is 6.15. The summed E-state index contributed by atoms with van der Waals surface area (Å²) in [6, 6.07) is 7.66. The zero-order valence-corrected chi connectivity index (χ0v) is 20.6. The third kappa shape index (κ3) is 4.01. The molecule has 11 heteroatoms. The summed E-state index contributed by atoms with van der Waals surface area (Å²) in [5, 5.41) is 30.6. The molecule has 1 aromatic carbocycles. The van der Waals surface area contributed by atoms with Gasteiger partial charge in [0.05, 0.1) is 47.3 Å². The highest BCUT2D eigenvalue weighted by Gasteiger charge is 2.21. The lowest BCUT2D eigenvalue weighted by Gasteiger charge is -2.15. The molecule has 3 N–H and O–H groups in total. The number of aryl methyl sites for hydroxylation is 2. The SMILES string of the molecule is CNC[C@H](C)Oc1c(-c2cc3c(-c4ccc5nn(CCO)c(C=O)c5c4)n[nH]c3cn2)c(C)nn1C. The van der Waals surface area contributed by atoms with Crippen LogP contribution in [0.15, 0.2) is 30.5 Å². The van der Waals surface area contributed by atoms with Crippen molar-refractivity contribution in [1.29, 1.82) is 0 Å². The normalized spacial score (nSPS) is 12.5. The van der Waals surface area contributed by atoms with Crippen LogP contribution >= 0.6 is 0 Å². The number of fused-ring (bicyclic) bond motifs is 2. The number of nitrogens with one attached hydrogen (secondary N) is 2. The minimum atomic E-state index is -0.103. The highest BCUT2D eigenvalue weighted by molar-refractivity contribution is 6.00. The predicted molar refractivity (Wildman–Crippen MR) is 136 cm³/mol. The van der Waals surface area contributed by atoms with Gasteiger partial charge in [0, 0.05) is 29.9 Å². The number of rotatable bonds is 9. The Balaban J connectivity index is 1.61. The smallest absolute Gasteiger partial charge is 0.221 e. The van der Waals surface area contributed by atoms with E-state index in [-0.39, 0.29) is 19.3 Å². The summed E-state index contributed by atoms with van der Waals surface area (Å²) in [6.07, 6.45) is 2.46. The minimum absolute atomic E-state index is 0.0535. The molecule has 36 heavy (non-hydrogen) atoms. The number of aliphatic hydroxyl groups excluding tert-OH is 1. The lowest BCUT2D eigenvalue weighted by atomic mass is 10.0. The Morgan fingerprint density at radius 3 is 2.83 bits per heavy atom. The van der Waals surface area contributed by atoms with Gasteiger partial charge in [-0.05, 0) is 39.1 Å². The van der Waals surface area contributed by atoms with E-state index < -0.39 is 0 Å². The van der Waals surface area contributed by atoms with Crippen molar-refractivity contribution in [3.05, 3.63) is 41.9 Å². The van der Waals surface area contributed by atoms with Crippen LogP contribution in [-0.4, -0.2) is 72.4 Å². The Hall–Kier alpha value is -4.09. The summed E-state index contributed by atoms with van der Waals surface area (Å²) in [5.41, 5.74) is 5.83. The number of aliphatic hydroxyl groups is 1. The molecule has 0 aliphatic carbocycles. The number of H-pyrrole nitrogens is 1. The number of nitrogens with zero attached hydrogens (tertiary/aromatic N) is 6. The number of carbonyl (C=O) groups excluding carboxylic acids is 1. The summed E-state index contributed by atoms with van der Waals surface area (Å²) in [6.45, 7) is 4.78. The molecule has 0 bridgehead atoms. The van der Waals surface area contributed by atoms with Gasteiger partial charge in [-0.2, -0.15) is 15.3 Å². The predicted octanol–water partition coefficient (Wildman–Crippen LogP) is 2.48. The van der Waals surface area contributed by atoms with Gasteiger partial charge >= 0.3 is 0 Å². The van der Waals surface area contributed by atoms with Gasteiger partial charge in [-0.25, -0.2) is 4.68 Å². The number of aromatic nitrogens is 7. The molecule has 1 atom stereocenters. The molecule has 5 aromatic rings. The second kappa shape index (κ2) is 9.51. The first-order chi connectivity index (χ1) is 17.4. The number of likely N-dealkylation sites (N-methyl/N-ethyl adjacent to an activating group) is 1. The number of hydrogen-bond acceptors (Lipinski definition) is 8. The summed E-state index contributed by atoms with van der Waals surface area (Å²) >= 11 is 0. The van der Waals surface area contributed by atoms with Crippen molar-refractivity contribution in [3.63, 3.8) is 0 Å². The van der Waals surface area contributed by atoms with Gasteiger partial charge in [-0.3, -0.25) is 19.6 Å². The molecule has 4 aromatic heterocycles. The van der Waals surface area contributed by atoms with Gasteiger partial charge in [-0.1, -0.05) is 6.07 Å². The number of ether oxygens (including phenoxy) is 1. The second-order valence-corrected chi connectivity index (χ2v) is 8.74. The molecular formula is C25H28N8O3. The van der Waals surface area contributed by atoms with Gasteiger partial charge in [0.1, 0.15) is 17.5 Å². The van der Waals surface area contributed by atoms with Crippen molar-refractivity contribution in [3.8, 4) is 28.4 Å². The maximum absolute atomic E-state index is 11.8. The highest BCUT2D eigenvalue weighted by Crippen LogP contribution is 2.36. The first-order valence-corrected chi connectivity index (χ1v) is 11.7. The van der Waals surface area contributed by atoms with Gasteiger partial charge < -0.3 is 15.2 Å². The van der Waals surface area contributed by atoms with Crippen LogP contribution in [0.25, 0.3) is 44.3 Å². The van der Waals surface area contributed by atoms with Crippen molar-refractivity contribution in [2.45, 2.75) is 26.5 Å². The first kappa shape index (κ1) is 23.6. The average molecular weight is 489 g/mol. The zero-order valence-electron chi connectivity index (χ0n) is 20.6. The largest absolute Gasteiger partial charge is 0.473 e. The van der Waals surface area contributed by atoms with E-state index in [0.717, 1.165) is 45.4 Å². The third-order valence-electron chi connectivity index (χ3n) is 6.15. The van der Waals surface area contributed by atoms with Crippen LogP contribution in [0, 0.1) is 6.92 Å². The highest BCUT2D eigenvalue weighted by atomic mass is 16.5. The van der Waals surface area contributed by atoms with E-state index in [2.05, 4.69) is 30.7 Å². The Morgan fingerprint density at radius 2 is 2.08 bits per heavy atom. The maximum Gasteiger partial charge on any atom is 0.221 e. The van der Waals surface area contributed by atoms with Crippen LogP contribution in [0.4, 0.5) is 0 Å². The molecule has 186 valence electrons. The van der Waals surface area contributed by atoms with Crippen molar-refractivity contribution in [2.24, 2.45) is 7.05 Å². The van der Waals surface area contributed by atoms with E-state index in [1.807, 2.05) is 52.2 Å². The molecule has 4 heterocycles. The molecule has 0 fully saturated rings. The Kier molecular flexibility index (Phi) is 6.25. The fraction of sp³-hybridized carbons (Fsp3) is 0.320. The number of benzene rings is 1. The van der Waals surface area contributed by atoms with Crippen LogP contribution in [0.5, 0.6) is 5.88 Å². The summed E-state index contributed by atoms with van der Waals surface area (Å²) in [4.78, 5) is 16.4. The maximum atomic E-state index is 11.8. The molecule has 0 saturated heterocycles. The van der Waals surface area contributed by atoms with Crippen LogP contribution in [-0.2, 0) is 13.6 Å².